The van der Waals surface area contributed by atoms with Crippen LogP contribution in [0.5, 0.6) is 0 Å². The summed E-state index contributed by atoms with van der Waals surface area (Å²) in [6.45, 7) is 4.71. The fourth-order valence-corrected chi connectivity index (χ4v) is 7.26. The summed E-state index contributed by atoms with van der Waals surface area (Å²) in [6, 6.07) is 44.1. The quantitative estimate of drug-likeness (QED) is 0.220. The van der Waals surface area contributed by atoms with Crippen molar-refractivity contribution in [2.75, 3.05) is 0 Å². The zero-order chi connectivity index (χ0) is 27.3. The molecule has 0 atom stereocenters. The molecule has 41 heavy (non-hydrogen) atoms. The van der Waals surface area contributed by atoms with Crippen LogP contribution in [-0.2, 0) is 5.41 Å². The Kier molecular flexibility index (Phi) is 4.39. The van der Waals surface area contributed by atoms with Crippen molar-refractivity contribution < 1.29 is 0 Å². The lowest BCUT2D eigenvalue weighted by Crippen LogP contribution is -2.14. The Balaban J connectivity index is 1.41. The van der Waals surface area contributed by atoms with Crippen LogP contribution in [-0.4, -0.2) is 14.1 Å². The van der Waals surface area contributed by atoms with Crippen LogP contribution in [0, 0.1) is 0 Å². The van der Waals surface area contributed by atoms with Crippen molar-refractivity contribution in [1.82, 2.24) is 14.1 Å². The fraction of sp³-hybridized carbons (Fsp3) is 0.0789. The third-order valence-corrected chi connectivity index (χ3v) is 9.18. The lowest BCUT2D eigenvalue weighted by atomic mass is 9.82. The summed E-state index contributed by atoms with van der Waals surface area (Å²) in [7, 11) is 0. The summed E-state index contributed by atoms with van der Waals surface area (Å²) in [5, 5.41) is 5.13. The van der Waals surface area contributed by atoms with Gasteiger partial charge < -0.3 is 4.57 Å². The molecule has 0 saturated carbocycles. The van der Waals surface area contributed by atoms with Gasteiger partial charge in [-0.2, -0.15) is 0 Å². The van der Waals surface area contributed by atoms with Gasteiger partial charge in [-0.05, 0) is 64.0 Å². The Bertz CT molecular complexity index is 2330. The molecule has 2 aromatic heterocycles. The van der Waals surface area contributed by atoms with E-state index in [-0.39, 0.29) is 5.41 Å². The molecule has 3 heteroatoms. The van der Waals surface area contributed by atoms with Gasteiger partial charge in [0.1, 0.15) is 6.33 Å². The van der Waals surface area contributed by atoms with Gasteiger partial charge in [-0.1, -0.05) is 98.8 Å². The minimum Gasteiger partial charge on any atom is -0.309 e. The van der Waals surface area contributed by atoms with Crippen LogP contribution >= 0.6 is 0 Å². The molecule has 0 fully saturated rings. The minimum atomic E-state index is -0.0533. The number of fused-ring (bicyclic) bond motifs is 10. The highest BCUT2D eigenvalue weighted by atomic mass is 15.1. The summed E-state index contributed by atoms with van der Waals surface area (Å²) in [5.74, 6) is 0. The maximum atomic E-state index is 4.84. The van der Waals surface area contributed by atoms with E-state index in [0.717, 1.165) is 22.4 Å². The van der Waals surface area contributed by atoms with E-state index >= 15 is 0 Å². The number of benzene rings is 6. The van der Waals surface area contributed by atoms with Gasteiger partial charge in [-0.25, -0.2) is 4.98 Å². The lowest BCUT2D eigenvalue weighted by Gasteiger charge is -2.21. The second-order valence-electron chi connectivity index (χ2n) is 11.7. The largest absolute Gasteiger partial charge is 0.309 e. The van der Waals surface area contributed by atoms with Crippen LogP contribution < -0.4 is 0 Å². The van der Waals surface area contributed by atoms with Crippen LogP contribution in [0.1, 0.15) is 25.0 Å². The van der Waals surface area contributed by atoms with E-state index in [1.807, 2.05) is 12.4 Å². The molecule has 9 rings (SSSR count). The molecular weight excluding hydrogens is 498 g/mol. The van der Waals surface area contributed by atoms with Crippen molar-refractivity contribution >= 4 is 43.6 Å². The predicted molar refractivity (Wildman–Crippen MR) is 170 cm³/mol. The zero-order valence-electron chi connectivity index (χ0n) is 23.0. The normalized spacial score (nSPS) is 13.8. The molecule has 0 spiro atoms. The topological polar surface area (TPSA) is 22.8 Å². The first-order chi connectivity index (χ1) is 20.1. The molecule has 0 saturated heterocycles. The first-order valence-corrected chi connectivity index (χ1v) is 14.2. The highest BCUT2D eigenvalue weighted by Crippen LogP contribution is 2.53. The van der Waals surface area contributed by atoms with Crippen LogP contribution in [0.2, 0.25) is 0 Å². The molecule has 0 unspecified atom stereocenters. The van der Waals surface area contributed by atoms with Crippen molar-refractivity contribution in [2.24, 2.45) is 0 Å². The van der Waals surface area contributed by atoms with Gasteiger partial charge in [0.05, 0.1) is 22.1 Å². The number of nitrogens with zero attached hydrogens (tertiary/aromatic N) is 3. The molecule has 0 bridgehead atoms. The third kappa shape index (κ3) is 2.95. The highest BCUT2D eigenvalue weighted by molar-refractivity contribution is 6.23. The van der Waals surface area contributed by atoms with Gasteiger partial charge in [0.25, 0.3) is 0 Å². The SMILES string of the molecule is CC1(C)c2ccccc2-c2c1ccc1ccc3c4ccccc4n(-c4ccc5c(c4)ncn5-c4ccccc4)c3c21. The number of hydrogen-bond acceptors (Lipinski definition) is 1. The molecule has 1 aliphatic rings. The summed E-state index contributed by atoms with van der Waals surface area (Å²) < 4.78 is 4.62. The third-order valence-electron chi connectivity index (χ3n) is 9.18. The predicted octanol–water partition coefficient (Wildman–Crippen LogP) is 9.58. The average molecular weight is 526 g/mol. The smallest absolute Gasteiger partial charge is 0.100 e. The van der Waals surface area contributed by atoms with E-state index in [1.165, 1.54) is 54.8 Å². The molecule has 8 aromatic rings. The molecule has 3 nitrogen and oxygen atoms in total. The van der Waals surface area contributed by atoms with E-state index in [2.05, 4.69) is 138 Å². The highest BCUT2D eigenvalue weighted by Gasteiger charge is 2.36. The number of imidazole rings is 1. The Morgan fingerprint density at radius 2 is 1.39 bits per heavy atom. The van der Waals surface area contributed by atoms with E-state index in [1.54, 1.807) is 0 Å². The van der Waals surface area contributed by atoms with Crippen LogP contribution in [0.4, 0.5) is 0 Å². The number of para-hydroxylation sites is 2. The average Bonchev–Trinajstić information content (AvgIpc) is 3.66. The maximum Gasteiger partial charge on any atom is 0.100 e. The van der Waals surface area contributed by atoms with Gasteiger partial charge >= 0.3 is 0 Å². The zero-order valence-corrected chi connectivity index (χ0v) is 23.0. The molecule has 0 aliphatic heterocycles. The van der Waals surface area contributed by atoms with Crippen molar-refractivity contribution in [3.63, 3.8) is 0 Å². The number of aromatic nitrogens is 3. The van der Waals surface area contributed by atoms with Crippen molar-refractivity contribution in [3.8, 4) is 22.5 Å². The van der Waals surface area contributed by atoms with E-state index < -0.39 is 0 Å². The van der Waals surface area contributed by atoms with Gasteiger partial charge in [0, 0.05) is 32.9 Å². The summed E-state index contributed by atoms with van der Waals surface area (Å²) in [6.07, 6.45) is 1.93. The first kappa shape index (κ1) is 22.6. The number of rotatable bonds is 2. The standard InChI is InChI=1S/C38H27N3/c1-38(2)30-14-8-6-13-29(30)36-31(38)20-17-24-16-19-28-27-12-7-9-15-33(27)41(37(28)35(24)36)26-18-21-34-32(22-26)39-23-40(34)25-10-4-3-5-11-25/h3-23H,1-2H3. The van der Waals surface area contributed by atoms with Gasteiger partial charge in [-0.3, -0.25) is 4.57 Å². The molecule has 194 valence electrons. The Morgan fingerprint density at radius 1 is 0.610 bits per heavy atom. The van der Waals surface area contributed by atoms with E-state index in [0.29, 0.717) is 0 Å². The molecular formula is C38H27N3. The first-order valence-electron chi connectivity index (χ1n) is 14.2. The van der Waals surface area contributed by atoms with Crippen molar-refractivity contribution in [1.29, 1.82) is 0 Å². The Hall–Kier alpha value is -5.15. The van der Waals surface area contributed by atoms with E-state index in [4.69, 9.17) is 4.98 Å². The molecule has 0 radical (unpaired) electrons. The summed E-state index contributed by atoms with van der Waals surface area (Å²) in [4.78, 5) is 4.84. The summed E-state index contributed by atoms with van der Waals surface area (Å²) in [5.41, 5.74) is 12.2. The fourth-order valence-electron chi connectivity index (χ4n) is 7.26. The van der Waals surface area contributed by atoms with E-state index in [9.17, 15) is 0 Å². The van der Waals surface area contributed by atoms with Crippen LogP contribution in [0.3, 0.4) is 0 Å². The van der Waals surface area contributed by atoms with Gasteiger partial charge in [0.2, 0.25) is 0 Å². The Morgan fingerprint density at radius 3 is 2.29 bits per heavy atom. The van der Waals surface area contributed by atoms with Crippen molar-refractivity contribution in [2.45, 2.75) is 19.3 Å². The molecule has 6 aromatic carbocycles. The molecule has 2 heterocycles. The monoisotopic (exact) mass is 525 g/mol. The number of hydrogen-bond donors (Lipinski definition) is 0. The molecule has 1 aliphatic carbocycles. The van der Waals surface area contributed by atoms with Gasteiger partial charge in [-0.15, -0.1) is 0 Å². The lowest BCUT2D eigenvalue weighted by molar-refractivity contribution is 0.661. The van der Waals surface area contributed by atoms with Crippen molar-refractivity contribution in [3.05, 3.63) is 139 Å². The maximum absolute atomic E-state index is 4.84. The Labute approximate surface area is 237 Å². The summed E-state index contributed by atoms with van der Waals surface area (Å²) >= 11 is 0. The molecule has 0 N–H and O–H groups in total. The second-order valence-corrected chi connectivity index (χ2v) is 11.7. The molecule has 0 amide bonds. The van der Waals surface area contributed by atoms with Gasteiger partial charge in [0.15, 0.2) is 0 Å². The van der Waals surface area contributed by atoms with Crippen LogP contribution in [0.25, 0.3) is 66.1 Å². The van der Waals surface area contributed by atoms with Crippen LogP contribution in [0.15, 0.2) is 128 Å². The minimum absolute atomic E-state index is 0.0533. The second kappa shape index (κ2) is 7.96.